The number of carbonyl (C=O) groups excluding carboxylic acids is 1. The first-order chi connectivity index (χ1) is 7.76. The van der Waals surface area contributed by atoms with Crippen LogP contribution in [0.25, 0.3) is 0 Å². The van der Waals surface area contributed by atoms with Gasteiger partial charge in [-0.2, -0.15) is 0 Å². The minimum Gasteiger partial charge on any atom is -0.482 e. The lowest BCUT2D eigenvalue weighted by Gasteiger charge is -2.06. The predicted octanol–water partition coefficient (Wildman–Crippen LogP) is 0.479. The topological polar surface area (TPSA) is 71.5 Å². The van der Waals surface area contributed by atoms with Gasteiger partial charge in [0.2, 0.25) is 0 Å². The second-order valence-electron chi connectivity index (χ2n) is 3.28. The largest absolute Gasteiger partial charge is 0.482 e. The summed E-state index contributed by atoms with van der Waals surface area (Å²) in [6.45, 7) is 2.53. The van der Waals surface area contributed by atoms with Crippen molar-refractivity contribution >= 4 is 5.91 Å². The third kappa shape index (κ3) is 4.27. The number of nitrogens with zero attached hydrogens (tertiary/aromatic N) is 1. The highest BCUT2D eigenvalue weighted by atomic mass is 16.5. The van der Waals surface area contributed by atoms with Crippen molar-refractivity contribution in [1.29, 1.82) is 0 Å². The van der Waals surface area contributed by atoms with Gasteiger partial charge in [-0.25, -0.2) is 0 Å². The molecule has 0 fully saturated rings. The number of pyridine rings is 1. The first-order valence-corrected chi connectivity index (χ1v) is 5.21. The summed E-state index contributed by atoms with van der Waals surface area (Å²) in [5, 5.41) is 11.5. The third-order valence-corrected chi connectivity index (χ3v) is 1.90. The van der Waals surface area contributed by atoms with Gasteiger partial charge < -0.3 is 15.2 Å². The van der Waals surface area contributed by atoms with E-state index in [9.17, 15) is 4.79 Å². The normalized spacial score (nSPS) is 9.88. The van der Waals surface area contributed by atoms with Crippen LogP contribution in [0.2, 0.25) is 0 Å². The molecule has 0 aliphatic carbocycles. The second-order valence-corrected chi connectivity index (χ2v) is 3.28. The smallest absolute Gasteiger partial charge is 0.257 e. The zero-order valence-corrected chi connectivity index (χ0v) is 9.27. The third-order valence-electron chi connectivity index (χ3n) is 1.90. The van der Waals surface area contributed by atoms with Crippen LogP contribution in [0, 0.1) is 0 Å². The molecule has 1 heterocycles. The van der Waals surface area contributed by atoms with Crippen LogP contribution in [0.3, 0.4) is 0 Å². The summed E-state index contributed by atoms with van der Waals surface area (Å²) >= 11 is 0. The van der Waals surface area contributed by atoms with E-state index >= 15 is 0 Å². The van der Waals surface area contributed by atoms with Crippen LogP contribution >= 0.6 is 0 Å². The number of aromatic nitrogens is 1. The lowest BCUT2D eigenvalue weighted by atomic mass is 10.3. The Morgan fingerprint density at radius 1 is 1.56 bits per heavy atom. The van der Waals surface area contributed by atoms with Gasteiger partial charge in [-0.05, 0) is 18.6 Å². The number of carbonyl (C=O) groups is 1. The molecule has 88 valence electrons. The highest BCUT2D eigenvalue weighted by Gasteiger charge is 2.01. The molecule has 1 amide bonds. The summed E-state index contributed by atoms with van der Waals surface area (Å²) in [4.78, 5) is 15.1. The SMILES string of the molecule is CCCNC(=O)COc1ccc(CO)nc1. The van der Waals surface area contributed by atoms with Gasteiger partial charge in [-0.1, -0.05) is 6.92 Å². The molecular weight excluding hydrogens is 208 g/mol. The van der Waals surface area contributed by atoms with Crippen LogP contribution < -0.4 is 10.1 Å². The maximum absolute atomic E-state index is 11.2. The van der Waals surface area contributed by atoms with Crippen molar-refractivity contribution in [3.8, 4) is 5.75 Å². The van der Waals surface area contributed by atoms with Crippen molar-refractivity contribution in [3.05, 3.63) is 24.0 Å². The summed E-state index contributed by atoms with van der Waals surface area (Å²) in [5.41, 5.74) is 0.572. The quantitative estimate of drug-likeness (QED) is 0.737. The molecule has 0 radical (unpaired) electrons. The zero-order valence-electron chi connectivity index (χ0n) is 9.27. The van der Waals surface area contributed by atoms with E-state index in [1.54, 1.807) is 12.1 Å². The molecular formula is C11H16N2O3. The van der Waals surface area contributed by atoms with Crippen LogP contribution in [-0.2, 0) is 11.4 Å². The van der Waals surface area contributed by atoms with Crippen LogP contribution in [-0.4, -0.2) is 29.1 Å². The number of aliphatic hydroxyl groups is 1. The Labute approximate surface area is 94.5 Å². The maximum Gasteiger partial charge on any atom is 0.257 e. The first-order valence-electron chi connectivity index (χ1n) is 5.21. The number of rotatable bonds is 6. The molecule has 1 aromatic heterocycles. The molecule has 0 saturated heterocycles. The lowest BCUT2D eigenvalue weighted by Crippen LogP contribution is -2.29. The van der Waals surface area contributed by atoms with Gasteiger partial charge >= 0.3 is 0 Å². The summed E-state index contributed by atoms with van der Waals surface area (Å²) in [6, 6.07) is 3.32. The Hall–Kier alpha value is -1.62. The molecule has 0 aromatic carbocycles. The fraction of sp³-hybridized carbons (Fsp3) is 0.455. The van der Waals surface area contributed by atoms with Gasteiger partial charge in [0.25, 0.3) is 5.91 Å². The Bertz CT molecular complexity index is 325. The Morgan fingerprint density at radius 3 is 2.94 bits per heavy atom. The molecule has 1 aromatic rings. The Morgan fingerprint density at radius 2 is 2.38 bits per heavy atom. The number of nitrogens with one attached hydrogen (secondary N) is 1. The van der Waals surface area contributed by atoms with Crippen molar-refractivity contribution in [2.24, 2.45) is 0 Å². The Kier molecular flexibility index (Phi) is 5.28. The minimum absolute atomic E-state index is 0.0137. The zero-order chi connectivity index (χ0) is 11.8. The predicted molar refractivity (Wildman–Crippen MR) is 59.0 cm³/mol. The van der Waals surface area contributed by atoms with Crippen molar-refractivity contribution < 1.29 is 14.6 Å². The summed E-state index contributed by atoms with van der Waals surface area (Å²) in [5.74, 6) is 0.372. The van der Waals surface area contributed by atoms with E-state index in [1.165, 1.54) is 6.20 Å². The molecule has 0 bridgehead atoms. The lowest BCUT2D eigenvalue weighted by molar-refractivity contribution is -0.123. The highest BCUT2D eigenvalue weighted by molar-refractivity contribution is 5.77. The average molecular weight is 224 g/mol. The van der Waals surface area contributed by atoms with E-state index in [0.717, 1.165) is 6.42 Å². The van der Waals surface area contributed by atoms with Gasteiger partial charge in [0.15, 0.2) is 6.61 Å². The van der Waals surface area contributed by atoms with Crippen molar-refractivity contribution in [2.75, 3.05) is 13.2 Å². The molecule has 0 saturated carbocycles. The maximum atomic E-state index is 11.2. The summed E-state index contributed by atoms with van der Waals surface area (Å²) in [6.07, 6.45) is 2.39. The van der Waals surface area contributed by atoms with Gasteiger partial charge in [-0.15, -0.1) is 0 Å². The Balaban J connectivity index is 2.33. The van der Waals surface area contributed by atoms with E-state index in [0.29, 0.717) is 18.0 Å². The molecule has 16 heavy (non-hydrogen) atoms. The second kappa shape index (κ2) is 6.79. The van der Waals surface area contributed by atoms with Gasteiger partial charge in [0.05, 0.1) is 18.5 Å². The van der Waals surface area contributed by atoms with E-state index in [-0.39, 0.29) is 19.1 Å². The molecule has 5 nitrogen and oxygen atoms in total. The molecule has 0 atom stereocenters. The van der Waals surface area contributed by atoms with Gasteiger partial charge in [0, 0.05) is 6.54 Å². The molecule has 2 N–H and O–H groups in total. The number of hydrogen-bond acceptors (Lipinski definition) is 4. The van der Waals surface area contributed by atoms with Gasteiger partial charge in [0.1, 0.15) is 5.75 Å². The molecule has 0 unspecified atom stereocenters. The molecule has 1 rings (SSSR count). The number of aliphatic hydroxyl groups excluding tert-OH is 1. The number of amides is 1. The van der Waals surface area contributed by atoms with E-state index in [2.05, 4.69) is 10.3 Å². The van der Waals surface area contributed by atoms with E-state index < -0.39 is 0 Å². The van der Waals surface area contributed by atoms with E-state index in [1.807, 2.05) is 6.92 Å². The fourth-order valence-corrected chi connectivity index (χ4v) is 1.05. The minimum atomic E-state index is -0.145. The van der Waals surface area contributed by atoms with Crippen molar-refractivity contribution in [3.63, 3.8) is 0 Å². The molecule has 0 aliphatic rings. The first kappa shape index (κ1) is 12.4. The van der Waals surface area contributed by atoms with Crippen LogP contribution in [0.15, 0.2) is 18.3 Å². The number of ether oxygens (including phenoxy) is 1. The fourth-order valence-electron chi connectivity index (χ4n) is 1.05. The van der Waals surface area contributed by atoms with Crippen molar-refractivity contribution in [1.82, 2.24) is 10.3 Å². The number of hydrogen-bond donors (Lipinski definition) is 2. The summed E-state index contributed by atoms with van der Waals surface area (Å²) < 4.78 is 5.21. The molecule has 0 aliphatic heterocycles. The summed E-state index contributed by atoms with van der Waals surface area (Å²) in [7, 11) is 0. The molecule has 0 spiro atoms. The monoisotopic (exact) mass is 224 g/mol. The van der Waals surface area contributed by atoms with E-state index in [4.69, 9.17) is 9.84 Å². The van der Waals surface area contributed by atoms with Gasteiger partial charge in [-0.3, -0.25) is 9.78 Å². The van der Waals surface area contributed by atoms with Crippen molar-refractivity contribution in [2.45, 2.75) is 20.0 Å². The molecule has 5 heteroatoms. The van der Waals surface area contributed by atoms with Crippen LogP contribution in [0.1, 0.15) is 19.0 Å². The van der Waals surface area contributed by atoms with Crippen LogP contribution in [0.4, 0.5) is 0 Å². The standard InChI is InChI=1S/C11H16N2O3/c1-2-5-12-11(15)8-16-10-4-3-9(7-14)13-6-10/h3-4,6,14H,2,5,7-8H2,1H3,(H,12,15). The van der Waals surface area contributed by atoms with Crippen LogP contribution in [0.5, 0.6) is 5.75 Å². The average Bonchev–Trinajstić information content (AvgIpc) is 2.34. The highest BCUT2D eigenvalue weighted by Crippen LogP contribution is 2.08.